The van der Waals surface area contributed by atoms with Crippen molar-refractivity contribution >= 4 is 33.8 Å². The van der Waals surface area contributed by atoms with E-state index in [1.54, 1.807) is 18.4 Å². The molecule has 0 bridgehead atoms. The second-order valence-corrected chi connectivity index (χ2v) is 10.2. The van der Waals surface area contributed by atoms with Gasteiger partial charge < -0.3 is 25.0 Å². The number of aromatic nitrogens is 1. The van der Waals surface area contributed by atoms with Crippen LogP contribution >= 0.6 is 11.3 Å². The summed E-state index contributed by atoms with van der Waals surface area (Å²) in [5, 5.41) is 9.03. The van der Waals surface area contributed by atoms with Crippen LogP contribution in [0.1, 0.15) is 40.9 Å². The van der Waals surface area contributed by atoms with Crippen LogP contribution in [0.25, 0.3) is 5.70 Å². The van der Waals surface area contributed by atoms with Crippen molar-refractivity contribution in [2.45, 2.75) is 38.0 Å². The minimum Gasteiger partial charge on any atom is -0.380 e. The van der Waals surface area contributed by atoms with E-state index in [0.717, 1.165) is 55.5 Å². The van der Waals surface area contributed by atoms with E-state index in [1.807, 2.05) is 23.6 Å². The summed E-state index contributed by atoms with van der Waals surface area (Å²) in [6, 6.07) is 6.19. The summed E-state index contributed by atoms with van der Waals surface area (Å²) in [5.41, 5.74) is 3.52. The number of hydrogen-bond acceptors (Lipinski definition) is 8. The van der Waals surface area contributed by atoms with Crippen molar-refractivity contribution in [1.82, 2.24) is 15.2 Å². The van der Waals surface area contributed by atoms with Crippen LogP contribution in [0.2, 0.25) is 0 Å². The minimum atomic E-state index is -0.467. The molecule has 2 aromatic rings. The normalized spacial score (nSPS) is 19.7. The Morgan fingerprint density at radius 1 is 1.42 bits per heavy atom. The maximum atomic E-state index is 13.0. The lowest BCUT2D eigenvalue weighted by atomic mass is 10.1. The van der Waals surface area contributed by atoms with Crippen LogP contribution in [0.3, 0.4) is 0 Å². The van der Waals surface area contributed by atoms with Crippen LogP contribution < -0.4 is 15.5 Å². The predicted octanol–water partition coefficient (Wildman–Crippen LogP) is 3.76. The molecule has 1 amide bonds. The smallest absolute Gasteiger partial charge is 0.253 e. The number of methoxy groups -OCH3 is 1. The second-order valence-electron chi connectivity index (χ2n) is 9.32. The number of nitrogens with zero attached hydrogens (tertiary/aromatic N) is 3. The molecular weight excluding hydrogens is 481 g/mol. The van der Waals surface area contributed by atoms with Crippen LogP contribution in [0.15, 0.2) is 30.2 Å². The first-order valence-corrected chi connectivity index (χ1v) is 13.3. The Labute approximate surface area is 216 Å². The SMILES string of the molecule is C=C(Nc1ccc(CN(C)[C@@H]2CCOC2)cc1C(=O)NCCCF)c1csc(N2CC[C@H](OC)C2)n1. The maximum Gasteiger partial charge on any atom is 0.253 e. The van der Waals surface area contributed by atoms with Crippen molar-refractivity contribution in [3.63, 3.8) is 0 Å². The molecule has 2 saturated heterocycles. The third-order valence-electron chi connectivity index (χ3n) is 6.72. The van der Waals surface area contributed by atoms with Crippen LogP contribution in [0.4, 0.5) is 15.2 Å². The van der Waals surface area contributed by atoms with Gasteiger partial charge in [-0.25, -0.2) is 4.98 Å². The highest BCUT2D eigenvalue weighted by atomic mass is 32.1. The van der Waals surface area contributed by atoms with Gasteiger partial charge in [0.2, 0.25) is 0 Å². The van der Waals surface area contributed by atoms with Gasteiger partial charge in [0.05, 0.1) is 42.0 Å². The molecule has 0 spiro atoms. The lowest BCUT2D eigenvalue weighted by Crippen LogP contribution is -2.31. The number of amides is 1. The third-order valence-corrected chi connectivity index (χ3v) is 7.62. The van der Waals surface area contributed by atoms with E-state index in [-0.39, 0.29) is 25.0 Å². The Bertz CT molecular complexity index is 1040. The van der Waals surface area contributed by atoms with Crippen molar-refractivity contribution in [1.29, 1.82) is 0 Å². The number of ether oxygens (including phenoxy) is 2. The van der Waals surface area contributed by atoms with Gasteiger partial charge in [-0.3, -0.25) is 14.1 Å². The lowest BCUT2D eigenvalue weighted by molar-refractivity contribution is 0.0953. The third kappa shape index (κ3) is 6.61. The molecule has 2 aliphatic rings. The molecule has 0 radical (unpaired) electrons. The summed E-state index contributed by atoms with van der Waals surface area (Å²) >= 11 is 1.57. The zero-order valence-electron chi connectivity index (χ0n) is 21.1. The highest BCUT2D eigenvalue weighted by Crippen LogP contribution is 2.29. The van der Waals surface area contributed by atoms with Gasteiger partial charge in [0.25, 0.3) is 5.91 Å². The highest BCUT2D eigenvalue weighted by Gasteiger charge is 2.25. The molecule has 4 rings (SSSR count). The van der Waals surface area contributed by atoms with Crippen LogP contribution in [0, 0.1) is 0 Å². The van der Waals surface area contributed by atoms with Crippen molar-refractivity contribution in [3.8, 4) is 0 Å². The van der Waals surface area contributed by atoms with Crippen LogP contribution in [0.5, 0.6) is 0 Å². The van der Waals surface area contributed by atoms with Gasteiger partial charge >= 0.3 is 0 Å². The molecule has 2 fully saturated rings. The first-order chi connectivity index (χ1) is 17.5. The van der Waals surface area contributed by atoms with Gasteiger partial charge in [0.15, 0.2) is 5.13 Å². The molecule has 36 heavy (non-hydrogen) atoms. The number of carbonyl (C=O) groups is 1. The second kappa shape index (κ2) is 12.6. The fourth-order valence-electron chi connectivity index (χ4n) is 4.51. The number of halogens is 1. The molecule has 196 valence electrons. The first kappa shape index (κ1) is 26.5. The van der Waals surface area contributed by atoms with Gasteiger partial charge in [0, 0.05) is 51.3 Å². The number of rotatable bonds is 12. The van der Waals surface area contributed by atoms with Gasteiger partial charge in [-0.15, -0.1) is 11.3 Å². The van der Waals surface area contributed by atoms with Gasteiger partial charge in [-0.2, -0.15) is 0 Å². The van der Waals surface area contributed by atoms with Crippen LogP contribution in [-0.2, 0) is 16.0 Å². The molecule has 1 aromatic heterocycles. The summed E-state index contributed by atoms with van der Waals surface area (Å²) < 4.78 is 23.6. The quantitative estimate of drug-likeness (QED) is 0.415. The largest absolute Gasteiger partial charge is 0.380 e. The zero-order valence-corrected chi connectivity index (χ0v) is 21.9. The number of anilines is 2. The molecule has 0 unspecified atom stereocenters. The van der Waals surface area contributed by atoms with Crippen molar-refractivity contribution in [3.05, 3.63) is 47.0 Å². The molecule has 1 aromatic carbocycles. The average molecular weight is 518 g/mol. The molecule has 0 saturated carbocycles. The number of benzene rings is 1. The fourth-order valence-corrected chi connectivity index (χ4v) is 5.38. The maximum absolute atomic E-state index is 13.0. The summed E-state index contributed by atoms with van der Waals surface area (Å²) in [4.78, 5) is 22.3. The summed E-state index contributed by atoms with van der Waals surface area (Å²) in [5.74, 6) is -0.242. The summed E-state index contributed by atoms with van der Waals surface area (Å²) in [6.45, 7) is 7.95. The summed E-state index contributed by atoms with van der Waals surface area (Å²) in [6.07, 6.45) is 2.51. The molecule has 2 N–H and O–H groups in total. The zero-order chi connectivity index (χ0) is 25.5. The number of hydrogen-bond donors (Lipinski definition) is 2. The van der Waals surface area contributed by atoms with E-state index in [0.29, 0.717) is 29.5 Å². The Hall–Kier alpha value is -2.53. The fraction of sp³-hybridized carbons (Fsp3) is 0.538. The molecule has 8 nitrogen and oxygen atoms in total. The number of thiazole rings is 1. The monoisotopic (exact) mass is 517 g/mol. The lowest BCUT2D eigenvalue weighted by Gasteiger charge is -2.23. The number of nitrogens with one attached hydrogen (secondary N) is 2. The standard InChI is InChI=1S/C26H36FN5O3S/c1-18(24-17-36-26(30-24)32-11-7-21(15-32)34-3)29-23-6-5-19(14-31(2)20-8-12-35-16-20)13-22(23)25(33)28-10-4-9-27/h5-6,13,17,20-21,29H,1,4,7-12,14-16H2,2-3H3,(H,28,33)/t20-,21+/m1/s1. The minimum absolute atomic E-state index is 0.232. The van der Waals surface area contributed by atoms with E-state index in [1.165, 1.54) is 0 Å². The molecule has 2 atom stereocenters. The molecule has 0 aliphatic carbocycles. The molecule has 10 heteroatoms. The average Bonchev–Trinajstić information content (AvgIpc) is 3.66. The Balaban J connectivity index is 1.48. The Morgan fingerprint density at radius 2 is 2.28 bits per heavy atom. The number of likely N-dealkylation sites (N-methyl/N-ethyl adjacent to an activating group) is 1. The Kier molecular flexibility index (Phi) is 9.30. The van der Waals surface area contributed by atoms with Gasteiger partial charge in [0.1, 0.15) is 0 Å². The van der Waals surface area contributed by atoms with Crippen molar-refractivity contribution < 1.29 is 18.7 Å². The van der Waals surface area contributed by atoms with E-state index < -0.39 is 6.67 Å². The van der Waals surface area contributed by atoms with Gasteiger partial charge in [-0.1, -0.05) is 12.6 Å². The van der Waals surface area contributed by atoms with E-state index in [2.05, 4.69) is 34.1 Å². The van der Waals surface area contributed by atoms with E-state index in [9.17, 15) is 9.18 Å². The topological polar surface area (TPSA) is 79.0 Å². The summed E-state index contributed by atoms with van der Waals surface area (Å²) in [7, 11) is 3.81. The molecule has 2 aliphatic heterocycles. The Morgan fingerprint density at radius 3 is 3.00 bits per heavy atom. The van der Waals surface area contributed by atoms with Crippen molar-refractivity contribution in [2.75, 3.05) is 63.9 Å². The first-order valence-electron chi connectivity index (χ1n) is 12.4. The van der Waals surface area contributed by atoms with Crippen molar-refractivity contribution in [2.24, 2.45) is 0 Å². The van der Waals surface area contributed by atoms with E-state index in [4.69, 9.17) is 14.5 Å². The molecule has 3 heterocycles. The predicted molar refractivity (Wildman–Crippen MR) is 142 cm³/mol. The van der Waals surface area contributed by atoms with Gasteiger partial charge in [-0.05, 0) is 44.0 Å². The number of alkyl halides is 1. The number of carbonyl (C=O) groups excluding carboxylic acids is 1. The van der Waals surface area contributed by atoms with Crippen LogP contribution in [-0.4, -0.2) is 81.6 Å². The molecular formula is C26H36FN5O3S. The highest BCUT2D eigenvalue weighted by molar-refractivity contribution is 7.13. The van der Waals surface area contributed by atoms with E-state index >= 15 is 0 Å².